The Balaban J connectivity index is 1.52. The minimum absolute atomic E-state index is 0.231. The molecule has 135 valence electrons. The lowest BCUT2D eigenvalue weighted by Gasteiger charge is -2.16. The maximum absolute atomic E-state index is 11.9. The second-order valence-corrected chi connectivity index (χ2v) is 5.95. The Morgan fingerprint density at radius 3 is 2.74 bits per heavy atom. The molecule has 27 heavy (non-hydrogen) atoms. The van der Waals surface area contributed by atoms with Crippen LogP contribution in [0.5, 0.6) is 11.5 Å². The van der Waals surface area contributed by atoms with Gasteiger partial charge in [-0.25, -0.2) is 9.97 Å². The van der Waals surface area contributed by atoms with Gasteiger partial charge in [0.05, 0.1) is 5.69 Å². The smallest absolute Gasteiger partial charge is 0.244 e. The Labute approximate surface area is 156 Å². The van der Waals surface area contributed by atoms with E-state index in [0.29, 0.717) is 17.4 Å². The molecule has 7 heteroatoms. The fraction of sp³-hybridized carbons (Fsp3) is 0.100. The third-order valence-electron chi connectivity index (χ3n) is 4.08. The summed E-state index contributed by atoms with van der Waals surface area (Å²) in [6.45, 7) is 0.231. The van der Waals surface area contributed by atoms with E-state index in [1.165, 1.54) is 0 Å². The zero-order valence-corrected chi connectivity index (χ0v) is 14.3. The average molecular weight is 361 g/mol. The first-order valence-corrected chi connectivity index (χ1v) is 8.37. The van der Waals surface area contributed by atoms with Crippen LogP contribution in [0.3, 0.4) is 0 Å². The molecule has 0 fully saturated rings. The van der Waals surface area contributed by atoms with Crippen LogP contribution < -0.4 is 20.5 Å². The molecule has 7 nitrogen and oxygen atoms in total. The highest BCUT2D eigenvalue weighted by molar-refractivity contribution is 5.83. The molecule has 4 rings (SSSR count). The summed E-state index contributed by atoms with van der Waals surface area (Å²) in [7, 11) is 0. The van der Waals surface area contributed by atoms with Crippen molar-refractivity contribution in [1.82, 2.24) is 9.97 Å². The normalized spacial score (nSPS) is 13.2. The number of amides is 1. The third kappa shape index (κ3) is 3.82. The minimum Gasteiger partial charge on any atom is -0.454 e. The van der Waals surface area contributed by atoms with Gasteiger partial charge >= 0.3 is 0 Å². The van der Waals surface area contributed by atoms with Crippen LogP contribution in [0.15, 0.2) is 60.8 Å². The Kier molecular flexibility index (Phi) is 4.57. The molecule has 1 atom stereocenters. The molecule has 2 aromatic carbocycles. The number of anilines is 1. The van der Waals surface area contributed by atoms with Crippen LogP contribution >= 0.6 is 0 Å². The zero-order chi connectivity index (χ0) is 18.6. The summed E-state index contributed by atoms with van der Waals surface area (Å²) in [6, 6.07) is 15.9. The van der Waals surface area contributed by atoms with Crippen LogP contribution in [0.25, 0.3) is 0 Å². The highest BCUT2D eigenvalue weighted by Gasteiger charge is 2.19. The van der Waals surface area contributed by atoms with E-state index >= 15 is 0 Å². The minimum atomic E-state index is -0.716. The van der Waals surface area contributed by atoms with Crippen LogP contribution in [0.2, 0.25) is 0 Å². The lowest BCUT2D eigenvalue weighted by atomic mass is 10.1. The lowest BCUT2D eigenvalue weighted by molar-refractivity contribution is -0.118. The van der Waals surface area contributed by atoms with Crippen molar-refractivity contribution >= 4 is 11.9 Å². The fourth-order valence-electron chi connectivity index (χ4n) is 2.79. The van der Waals surface area contributed by atoms with Gasteiger partial charge in [0.1, 0.15) is 6.04 Å². The summed E-state index contributed by atoms with van der Waals surface area (Å²) in [5, 5.41) is 3.00. The largest absolute Gasteiger partial charge is 0.454 e. The van der Waals surface area contributed by atoms with Crippen molar-refractivity contribution < 1.29 is 14.3 Å². The number of ether oxygens (including phenoxy) is 2. The molecule has 0 aliphatic carbocycles. The Morgan fingerprint density at radius 1 is 1.11 bits per heavy atom. The first-order chi connectivity index (χ1) is 13.2. The van der Waals surface area contributed by atoms with Crippen molar-refractivity contribution in [2.24, 2.45) is 5.73 Å². The van der Waals surface area contributed by atoms with Gasteiger partial charge in [0.2, 0.25) is 18.6 Å². The van der Waals surface area contributed by atoms with Crippen LogP contribution in [-0.2, 0) is 4.79 Å². The second kappa shape index (κ2) is 7.33. The number of carbonyl (C=O) groups is 1. The molecule has 0 saturated carbocycles. The summed E-state index contributed by atoms with van der Waals surface area (Å²) in [5.74, 6) is 1.24. The van der Waals surface area contributed by atoms with Gasteiger partial charge in [-0.3, -0.25) is 4.79 Å². The summed E-state index contributed by atoms with van der Waals surface area (Å²) < 4.78 is 10.7. The molecule has 0 bridgehead atoms. The van der Waals surface area contributed by atoms with Gasteiger partial charge in [-0.2, -0.15) is 0 Å². The molecule has 0 spiro atoms. The van der Waals surface area contributed by atoms with Gasteiger partial charge in [-0.1, -0.05) is 36.4 Å². The van der Waals surface area contributed by atoms with E-state index in [-0.39, 0.29) is 6.79 Å². The van der Waals surface area contributed by atoms with E-state index in [1.54, 1.807) is 12.3 Å². The Morgan fingerprint density at radius 2 is 1.93 bits per heavy atom. The van der Waals surface area contributed by atoms with E-state index in [9.17, 15) is 4.79 Å². The molecule has 2 heterocycles. The highest BCUT2D eigenvalue weighted by atomic mass is 16.7. The lowest BCUT2D eigenvalue weighted by Crippen LogP contribution is -2.28. The van der Waals surface area contributed by atoms with Crippen LogP contribution in [0.1, 0.15) is 22.9 Å². The van der Waals surface area contributed by atoms with Gasteiger partial charge < -0.3 is 20.5 Å². The molecule has 3 N–H and O–H groups in total. The maximum Gasteiger partial charge on any atom is 0.244 e. The highest BCUT2D eigenvalue weighted by Crippen LogP contribution is 2.33. The van der Waals surface area contributed by atoms with E-state index < -0.39 is 11.9 Å². The number of benzene rings is 2. The number of aromatic nitrogens is 2. The first-order valence-electron chi connectivity index (χ1n) is 8.37. The Hall–Kier alpha value is -3.61. The number of fused-ring (bicyclic) bond motifs is 1. The number of hydrogen-bond donors (Lipinski definition) is 2. The van der Waals surface area contributed by atoms with Gasteiger partial charge in [0.25, 0.3) is 0 Å². The average Bonchev–Trinajstić information content (AvgIpc) is 3.15. The summed E-state index contributed by atoms with van der Waals surface area (Å²) in [5.41, 5.74) is 7.89. The molecular weight excluding hydrogens is 344 g/mol. The Bertz CT molecular complexity index is 962. The number of nitrogens with two attached hydrogens (primary N) is 1. The van der Waals surface area contributed by atoms with E-state index in [0.717, 1.165) is 16.9 Å². The van der Waals surface area contributed by atoms with E-state index in [4.69, 9.17) is 15.2 Å². The molecule has 1 radical (unpaired) electrons. The van der Waals surface area contributed by atoms with Gasteiger partial charge in [0, 0.05) is 12.6 Å². The van der Waals surface area contributed by atoms with E-state index in [1.807, 2.05) is 55.0 Å². The quantitative estimate of drug-likeness (QED) is 0.700. The van der Waals surface area contributed by atoms with Gasteiger partial charge in [-0.05, 0) is 29.3 Å². The summed E-state index contributed by atoms with van der Waals surface area (Å²) in [4.78, 5) is 20.5. The van der Waals surface area contributed by atoms with Crippen molar-refractivity contribution in [1.29, 1.82) is 0 Å². The molecule has 1 amide bonds. The predicted molar refractivity (Wildman–Crippen MR) is 99.1 cm³/mol. The maximum atomic E-state index is 11.9. The molecule has 1 aliphatic rings. The number of carbonyl (C=O) groups excluding carboxylic acids is 1. The summed E-state index contributed by atoms with van der Waals surface area (Å²) in [6.07, 6.45) is 3.51. The van der Waals surface area contributed by atoms with Crippen molar-refractivity contribution in [2.75, 3.05) is 12.1 Å². The monoisotopic (exact) mass is 361 g/mol. The standard InChI is InChI=1S/C20H17N4O3/c21-19(25)18(14-4-2-1-3-5-14)24-20-22-9-8-15(23-20)10-13-6-7-16-17(11-13)27-12-26-16/h1-11,18H,12H2,(H2,21,25)(H,22,23,24). The summed E-state index contributed by atoms with van der Waals surface area (Å²) >= 11 is 0. The predicted octanol–water partition coefficient (Wildman–Crippen LogP) is 2.44. The van der Waals surface area contributed by atoms with Crippen LogP contribution in [0, 0.1) is 6.42 Å². The number of primary amides is 1. The number of nitrogens with zero attached hydrogens (tertiary/aromatic N) is 2. The van der Waals surface area contributed by atoms with Crippen molar-refractivity contribution in [2.45, 2.75) is 6.04 Å². The number of hydrogen-bond acceptors (Lipinski definition) is 6. The molecular formula is C20H17N4O3. The third-order valence-corrected chi connectivity index (χ3v) is 4.08. The zero-order valence-electron chi connectivity index (χ0n) is 14.3. The van der Waals surface area contributed by atoms with Crippen molar-refractivity contribution in [3.63, 3.8) is 0 Å². The van der Waals surface area contributed by atoms with Crippen LogP contribution in [-0.4, -0.2) is 22.7 Å². The van der Waals surface area contributed by atoms with Crippen molar-refractivity contribution in [3.8, 4) is 11.5 Å². The SMILES string of the molecule is NC(=O)C(Nc1nccc([CH]c2ccc3c(c2)OCO3)n1)c1ccccc1. The van der Waals surface area contributed by atoms with E-state index in [2.05, 4.69) is 15.3 Å². The molecule has 1 aromatic heterocycles. The first kappa shape index (κ1) is 16.8. The van der Waals surface area contributed by atoms with Crippen LogP contribution in [0.4, 0.5) is 5.95 Å². The molecule has 0 saturated heterocycles. The topological polar surface area (TPSA) is 99.4 Å². The van der Waals surface area contributed by atoms with Crippen molar-refractivity contribution in [3.05, 3.63) is 84.0 Å². The van der Waals surface area contributed by atoms with Gasteiger partial charge in [-0.15, -0.1) is 0 Å². The molecule has 1 aliphatic heterocycles. The fourth-order valence-corrected chi connectivity index (χ4v) is 2.79. The number of rotatable bonds is 6. The molecule has 3 aromatic rings. The number of nitrogens with one attached hydrogen (secondary N) is 1. The molecule has 1 unspecified atom stereocenters. The van der Waals surface area contributed by atoms with Gasteiger partial charge in [0.15, 0.2) is 11.5 Å². The second-order valence-electron chi connectivity index (χ2n) is 5.95.